The lowest BCUT2D eigenvalue weighted by atomic mass is 9.81. The zero-order valence-electron chi connectivity index (χ0n) is 10.2. The van der Waals surface area contributed by atoms with E-state index in [0.29, 0.717) is 0 Å². The van der Waals surface area contributed by atoms with E-state index < -0.39 is 0 Å². The molecule has 86 valence electrons. The molecule has 0 heteroatoms. The molecule has 0 aliphatic heterocycles. The van der Waals surface area contributed by atoms with Gasteiger partial charge in [0.05, 0.1) is 0 Å². The minimum absolute atomic E-state index is 1.23. The van der Waals surface area contributed by atoms with Crippen LogP contribution in [0.15, 0.2) is 60.7 Å². The average Bonchev–Trinajstić information content (AvgIpc) is 2.39. The zero-order chi connectivity index (χ0) is 11.9. The van der Waals surface area contributed by atoms with Crippen LogP contribution in [0.2, 0.25) is 0 Å². The number of fused-ring (bicyclic) bond motifs is 2. The summed E-state index contributed by atoms with van der Waals surface area (Å²) in [5.74, 6) is 0. The molecule has 0 amide bonds. The first-order valence-electron chi connectivity index (χ1n) is 6.52. The lowest BCUT2D eigenvalue weighted by Gasteiger charge is -2.23. The number of rotatable bonds is 1. The summed E-state index contributed by atoms with van der Waals surface area (Å²) in [6, 6.07) is 22.0. The van der Waals surface area contributed by atoms with E-state index in [9.17, 15) is 0 Å². The Bertz CT molecular complexity index is 733. The van der Waals surface area contributed by atoms with Crippen LogP contribution in [0.5, 0.6) is 0 Å². The standard InChI is InChI=1S/C18H14/c1-2-8-15-13(5-1)6-3-9-17(15)18-10-4-7-14-11-12-16(14)18/h1-10H,11-12H2. The molecule has 0 atom stereocenters. The summed E-state index contributed by atoms with van der Waals surface area (Å²) < 4.78 is 0. The molecule has 0 heterocycles. The number of hydrogen-bond acceptors (Lipinski definition) is 0. The number of aryl methyl sites for hydroxylation is 1. The summed E-state index contributed by atoms with van der Waals surface area (Å²) in [6.07, 6.45) is 2.47. The second-order valence-electron chi connectivity index (χ2n) is 4.97. The van der Waals surface area contributed by atoms with Gasteiger partial charge in [-0.3, -0.25) is 0 Å². The Labute approximate surface area is 107 Å². The molecular weight excluding hydrogens is 216 g/mol. The van der Waals surface area contributed by atoms with Gasteiger partial charge in [-0.1, -0.05) is 60.7 Å². The minimum atomic E-state index is 1.23. The van der Waals surface area contributed by atoms with Crippen LogP contribution in [0.4, 0.5) is 0 Å². The van der Waals surface area contributed by atoms with Gasteiger partial charge in [0.15, 0.2) is 0 Å². The second kappa shape index (κ2) is 3.71. The highest BCUT2D eigenvalue weighted by molar-refractivity contribution is 5.97. The van der Waals surface area contributed by atoms with Crippen LogP contribution in [-0.4, -0.2) is 0 Å². The van der Waals surface area contributed by atoms with Crippen molar-refractivity contribution in [2.24, 2.45) is 0 Å². The lowest BCUT2D eigenvalue weighted by molar-refractivity contribution is 0.843. The zero-order valence-corrected chi connectivity index (χ0v) is 10.2. The van der Waals surface area contributed by atoms with E-state index in [0.717, 1.165) is 0 Å². The average molecular weight is 230 g/mol. The van der Waals surface area contributed by atoms with Crippen molar-refractivity contribution in [2.45, 2.75) is 12.8 Å². The van der Waals surface area contributed by atoms with Crippen LogP contribution in [0.1, 0.15) is 11.1 Å². The van der Waals surface area contributed by atoms with E-state index >= 15 is 0 Å². The third-order valence-corrected chi connectivity index (χ3v) is 4.00. The molecule has 18 heavy (non-hydrogen) atoms. The summed E-state index contributed by atoms with van der Waals surface area (Å²) >= 11 is 0. The molecule has 0 aromatic heterocycles. The molecule has 0 saturated heterocycles. The molecule has 0 unspecified atom stereocenters. The molecular formula is C18H14. The van der Waals surface area contributed by atoms with E-state index in [-0.39, 0.29) is 0 Å². The molecule has 0 saturated carbocycles. The van der Waals surface area contributed by atoms with Crippen LogP contribution in [0, 0.1) is 0 Å². The fourth-order valence-electron chi connectivity index (χ4n) is 2.96. The maximum absolute atomic E-state index is 2.26. The van der Waals surface area contributed by atoms with Gasteiger partial charge in [-0.15, -0.1) is 0 Å². The fraction of sp³-hybridized carbons (Fsp3) is 0.111. The monoisotopic (exact) mass is 230 g/mol. The Morgan fingerprint density at radius 1 is 0.611 bits per heavy atom. The Morgan fingerprint density at radius 3 is 2.28 bits per heavy atom. The molecule has 0 spiro atoms. The molecule has 0 fully saturated rings. The summed E-state index contributed by atoms with van der Waals surface area (Å²) in [5.41, 5.74) is 5.88. The maximum atomic E-state index is 2.26. The van der Waals surface area contributed by atoms with Gasteiger partial charge in [0.1, 0.15) is 0 Å². The SMILES string of the molecule is c1cc2c(c(-c3cccc4ccccc34)c1)CC2. The van der Waals surface area contributed by atoms with E-state index in [1.807, 2.05) is 0 Å². The highest BCUT2D eigenvalue weighted by atomic mass is 14.2. The van der Waals surface area contributed by atoms with Crippen LogP contribution in [0.25, 0.3) is 21.9 Å². The third kappa shape index (κ3) is 1.32. The molecule has 1 aliphatic carbocycles. The summed E-state index contributed by atoms with van der Waals surface area (Å²) in [6.45, 7) is 0. The van der Waals surface area contributed by atoms with Crippen molar-refractivity contribution < 1.29 is 0 Å². The molecule has 0 bridgehead atoms. The van der Waals surface area contributed by atoms with Gasteiger partial charge in [0.2, 0.25) is 0 Å². The summed E-state index contributed by atoms with van der Waals surface area (Å²) in [5, 5.41) is 2.69. The topological polar surface area (TPSA) is 0 Å². The van der Waals surface area contributed by atoms with Crippen LogP contribution in [-0.2, 0) is 12.8 Å². The van der Waals surface area contributed by atoms with Gasteiger partial charge in [-0.05, 0) is 45.9 Å². The van der Waals surface area contributed by atoms with Crippen LogP contribution in [0.3, 0.4) is 0 Å². The summed E-state index contributed by atoms with van der Waals surface area (Å²) in [7, 11) is 0. The Hall–Kier alpha value is -2.08. The van der Waals surface area contributed by atoms with E-state index in [1.54, 1.807) is 5.56 Å². The predicted octanol–water partition coefficient (Wildman–Crippen LogP) is 4.61. The highest BCUT2D eigenvalue weighted by Gasteiger charge is 2.18. The number of benzene rings is 3. The van der Waals surface area contributed by atoms with Crippen molar-refractivity contribution in [1.82, 2.24) is 0 Å². The van der Waals surface area contributed by atoms with E-state index in [4.69, 9.17) is 0 Å². The Balaban J connectivity index is 2.05. The van der Waals surface area contributed by atoms with Gasteiger partial charge >= 0.3 is 0 Å². The van der Waals surface area contributed by atoms with Gasteiger partial charge in [0, 0.05) is 0 Å². The van der Waals surface area contributed by atoms with Crippen molar-refractivity contribution in [1.29, 1.82) is 0 Å². The number of hydrogen-bond donors (Lipinski definition) is 0. The lowest BCUT2D eigenvalue weighted by Crippen LogP contribution is -2.09. The molecule has 0 nitrogen and oxygen atoms in total. The van der Waals surface area contributed by atoms with Gasteiger partial charge in [0.25, 0.3) is 0 Å². The summed E-state index contributed by atoms with van der Waals surface area (Å²) in [4.78, 5) is 0. The smallest absolute Gasteiger partial charge is 0.0103 e. The molecule has 1 aliphatic rings. The van der Waals surface area contributed by atoms with Crippen LogP contribution >= 0.6 is 0 Å². The normalized spacial score (nSPS) is 13.1. The van der Waals surface area contributed by atoms with Crippen LogP contribution < -0.4 is 0 Å². The van der Waals surface area contributed by atoms with Crippen molar-refractivity contribution >= 4 is 10.8 Å². The molecule has 3 aromatic carbocycles. The van der Waals surface area contributed by atoms with Crippen molar-refractivity contribution in [2.75, 3.05) is 0 Å². The minimum Gasteiger partial charge on any atom is -0.0616 e. The van der Waals surface area contributed by atoms with Gasteiger partial charge in [-0.25, -0.2) is 0 Å². The predicted molar refractivity (Wildman–Crippen MR) is 76.8 cm³/mol. The van der Waals surface area contributed by atoms with Crippen molar-refractivity contribution in [3.8, 4) is 11.1 Å². The van der Waals surface area contributed by atoms with Crippen molar-refractivity contribution in [3.05, 3.63) is 71.8 Å². The highest BCUT2D eigenvalue weighted by Crippen LogP contribution is 2.36. The van der Waals surface area contributed by atoms with E-state index in [2.05, 4.69) is 60.7 Å². The van der Waals surface area contributed by atoms with Crippen molar-refractivity contribution in [3.63, 3.8) is 0 Å². The van der Waals surface area contributed by atoms with Gasteiger partial charge in [-0.2, -0.15) is 0 Å². The molecule has 4 rings (SSSR count). The first kappa shape index (κ1) is 9.90. The Morgan fingerprint density at radius 2 is 1.39 bits per heavy atom. The second-order valence-corrected chi connectivity index (χ2v) is 4.97. The Kier molecular flexibility index (Phi) is 2.04. The largest absolute Gasteiger partial charge is 0.0616 e. The van der Waals surface area contributed by atoms with Gasteiger partial charge < -0.3 is 0 Å². The first-order valence-corrected chi connectivity index (χ1v) is 6.52. The fourth-order valence-corrected chi connectivity index (χ4v) is 2.96. The maximum Gasteiger partial charge on any atom is -0.0103 e. The molecule has 0 radical (unpaired) electrons. The van der Waals surface area contributed by atoms with E-state index in [1.165, 1.54) is 40.3 Å². The third-order valence-electron chi connectivity index (χ3n) is 4.00. The quantitative estimate of drug-likeness (QED) is 0.573. The first-order chi connectivity index (χ1) is 8.93. The molecule has 3 aromatic rings. The molecule has 0 N–H and O–H groups in total.